The van der Waals surface area contributed by atoms with Crippen LogP contribution in [-0.4, -0.2) is 73.1 Å². The second kappa shape index (κ2) is 7.01. The molecule has 0 unspecified atom stereocenters. The predicted molar refractivity (Wildman–Crippen MR) is 68.3 cm³/mol. The minimum atomic E-state index is -1.05. The van der Waals surface area contributed by atoms with Gasteiger partial charge in [0.25, 0.3) is 5.91 Å². The maximum atomic E-state index is 12.3. The van der Waals surface area contributed by atoms with E-state index in [9.17, 15) is 9.59 Å². The zero-order chi connectivity index (χ0) is 14.5. The molecule has 0 bridgehead atoms. The van der Waals surface area contributed by atoms with E-state index in [1.54, 1.807) is 6.92 Å². The topological polar surface area (TPSA) is 85.3 Å². The van der Waals surface area contributed by atoms with Crippen molar-refractivity contribution in [3.8, 4) is 0 Å². The molecule has 0 spiro atoms. The number of aliphatic carboxylic acids is 1. The molecule has 2 heterocycles. The van der Waals surface area contributed by atoms with Gasteiger partial charge in [-0.15, -0.1) is 0 Å². The molecule has 2 saturated heterocycles. The van der Waals surface area contributed by atoms with Crippen LogP contribution in [-0.2, 0) is 23.8 Å². The number of hydrogen-bond donors (Lipinski definition) is 1. The van der Waals surface area contributed by atoms with Crippen LogP contribution < -0.4 is 0 Å². The summed E-state index contributed by atoms with van der Waals surface area (Å²) in [5.41, 5.74) is 0. The highest BCUT2D eigenvalue weighted by molar-refractivity contribution is 5.86. The molecule has 1 amide bonds. The van der Waals surface area contributed by atoms with Crippen LogP contribution in [0.5, 0.6) is 0 Å². The molecule has 3 atom stereocenters. The Morgan fingerprint density at radius 2 is 2.25 bits per heavy atom. The summed E-state index contributed by atoms with van der Waals surface area (Å²) in [6.07, 6.45) is 1.33. The van der Waals surface area contributed by atoms with Gasteiger partial charge in [0.2, 0.25) is 0 Å². The van der Waals surface area contributed by atoms with Gasteiger partial charge in [-0.05, 0) is 19.8 Å². The first-order valence-corrected chi connectivity index (χ1v) is 6.94. The quantitative estimate of drug-likeness (QED) is 0.759. The van der Waals surface area contributed by atoms with Crippen molar-refractivity contribution in [1.82, 2.24) is 4.90 Å². The molecule has 0 radical (unpaired) electrons. The average Bonchev–Trinajstić information content (AvgIpc) is 2.97. The summed E-state index contributed by atoms with van der Waals surface area (Å²) in [5, 5.41) is 9.11. The molecule has 2 aliphatic heterocycles. The normalized spacial score (nSPS) is 28.4. The summed E-state index contributed by atoms with van der Waals surface area (Å²) in [5.74, 6) is -1.36. The molecule has 0 aromatic rings. The van der Waals surface area contributed by atoms with Crippen LogP contribution in [0.3, 0.4) is 0 Å². The monoisotopic (exact) mass is 287 g/mol. The smallest absolute Gasteiger partial charge is 0.328 e. The van der Waals surface area contributed by atoms with Crippen molar-refractivity contribution in [3.05, 3.63) is 0 Å². The molecular weight excluding hydrogens is 266 g/mol. The number of amides is 1. The van der Waals surface area contributed by atoms with Crippen molar-refractivity contribution in [2.24, 2.45) is 0 Å². The van der Waals surface area contributed by atoms with Crippen LogP contribution in [0, 0.1) is 0 Å². The van der Waals surface area contributed by atoms with Crippen molar-refractivity contribution < 1.29 is 28.9 Å². The molecule has 7 nitrogen and oxygen atoms in total. The van der Waals surface area contributed by atoms with E-state index in [0.717, 1.165) is 19.4 Å². The molecule has 20 heavy (non-hydrogen) atoms. The van der Waals surface area contributed by atoms with Crippen molar-refractivity contribution in [3.63, 3.8) is 0 Å². The molecule has 114 valence electrons. The molecule has 0 saturated carbocycles. The fourth-order valence-electron chi connectivity index (χ4n) is 2.40. The largest absolute Gasteiger partial charge is 0.480 e. The Labute approximate surface area is 117 Å². The Balaban J connectivity index is 1.85. The molecule has 2 fully saturated rings. The molecule has 0 aromatic carbocycles. The van der Waals surface area contributed by atoms with Crippen LogP contribution in [0.2, 0.25) is 0 Å². The van der Waals surface area contributed by atoms with Gasteiger partial charge in [-0.2, -0.15) is 0 Å². The van der Waals surface area contributed by atoms with Gasteiger partial charge in [0, 0.05) is 13.2 Å². The minimum Gasteiger partial charge on any atom is -0.480 e. The van der Waals surface area contributed by atoms with Gasteiger partial charge in [-0.25, -0.2) is 4.79 Å². The second-order valence-corrected chi connectivity index (χ2v) is 5.07. The van der Waals surface area contributed by atoms with Crippen molar-refractivity contribution >= 4 is 11.9 Å². The van der Waals surface area contributed by atoms with Crippen LogP contribution >= 0.6 is 0 Å². The van der Waals surface area contributed by atoms with E-state index in [1.165, 1.54) is 4.90 Å². The van der Waals surface area contributed by atoms with Crippen molar-refractivity contribution in [2.45, 2.75) is 38.0 Å². The third-order valence-corrected chi connectivity index (χ3v) is 3.60. The fraction of sp³-hybridized carbons (Fsp3) is 0.846. The molecule has 7 heteroatoms. The van der Waals surface area contributed by atoms with Gasteiger partial charge in [-0.1, -0.05) is 0 Å². The first-order valence-electron chi connectivity index (χ1n) is 6.94. The Bertz CT molecular complexity index is 355. The fourth-order valence-corrected chi connectivity index (χ4v) is 2.40. The maximum Gasteiger partial charge on any atom is 0.328 e. The number of carboxylic acids is 1. The highest BCUT2D eigenvalue weighted by Crippen LogP contribution is 2.15. The molecular formula is C13H21NO6. The zero-order valence-corrected chi connectivity index (χ0v) is 11.6. The van der Waals surface area contributed by atoms with Crippen LogP contribution in [0.15, 0.2) is 0 Å². The lowest BCUT2D eigenvalue weighted by Crippen LogP contribution is -2.55. The molecule has 0 aliphatic carbocycles. The van der Waals surface area contributed by atoms with Gasteiger partial charge < -0.3 is 24.2 Å². The van der Waals surface area contributed by atoms with Gasteiger partial charge >= 0.3 is 5.97 Å². The summed E-state index contributed by atoms with van der Waals surface area (Å²) < 4.78 is 16.1. The van der Waals surface area contributed by atoms with Crippen LogP contribution in [0.1, 0.15) is 19.8 Å². The number of nitrogens with zero attached hydrogens (tertiary/aromatic N) is 1. The lowest BCUT2D eigenvalue weighted by Gasteiger charge is -2.34. The number of rotatable bonds is 5. The summed E-state index contributed by atoms with van der Waals surface area (Å²) in [4.78, 5) is 24.7. The summed E-state index contributed by atoms with van der Waals surface area (Å²) in [7, 11) is 0. The number of carboxylic acid groups (broad SMARTS) is 1. The Hall–Kier alpha value is -1.18. The van der Waals surface area contributed by atoms with Gasteiger partial charge in [0.15, 0.2) is 6.04 Å². The van der Waals surface area contributed by atoms with Crippen molar-refractivity contribution in [1.29, 1.82) is 0 Å². The SMILES string of the molecule is C[C@H](OC[C@@H]1CCCO1)C(=O)N1CCOC[C@H]1C(=O)O. The Morgan fingerprint density at radius 1 is 1.45 bits per heavy atom. The summed E-state index contributed by atoms with van der Waals surface area (Å²) in [6, 6.07) is -0.926. The van der Waals surface area contributed by atoms with E-state index in [1.807, 2.05) is 0 Å². The molecule has 2 rings (SSSR count). The maximum absolute atomic E-state index is 12.3. The average molecular weight is 287 g/mol. The highest BCUT2D eigenvalue weighted by atomic mass is 16.5. The second-order valence-electron chi connectivity index (χ2n) is 5.07. The number of carbonyl (C=O) groups is 2. The molecule has 1 N–H and O–H groups in total. The third-order valence-electron chi connectivity index (χ3n) is 3.60. The van der Waals surface area contributed by atoms with Crippen LogP contribution in [0.25, 0.3) is 0 Å². The number of carbonyl (C=O) groups excluding carboxylic acids is 1. The van der Waals surface area contributed by atoms with Crippen LogP contribution in [0.4, 0.5) is 0 Å². The van der Waals surface area contributed by atoms with E-state index in [4.69, 9.17) is 19.3 Å². The number of ether oxygens (including phenoxy) is 3. The molecule has 2 aliphatic rings. The van der Waals surface area contributed by atoms with Gasteiger partial charge in [0.05, 0.1) is 25.9 Å². The first-order chi connectivity index (χ1) is 9.59. The van der Waals surface area contributed by atoms with E-state index in [2.05, 4.69) is 0 Å². The Kier molecular flexibility index (Phi) is 5.33. The summed E-state index contributed by atoms with van der Waals surface area (Å²) in [6.45, 7) is 3.42. The van der Waals surface area contributed by atoms with Gasteiger partial charge in [-0.3, -0.25) is 4.79 Å². The lowest BCUT2D eigenvalue weighted by atomic mass is 10.2. The number of morpholine rings is 1. The van der Waals surface area contributed by atoms with Gasteiger partial charge in [0.1, 0.15) is 6.10 Å². The molecule has 0 aromatic heterocycles. The van der Waals surface area contributed by atoms with E-state index in [0.29, 0.717) is 13.2 Å². The third kappa shape index (κ3) is 3.68. The van der Waals surface area contributed by atoms with Crippen molar-refractivity contribution in [2.75, 3.05) is 33.0 Å². The number of hydrogen-bond acceptors (Lipinski definition) is 5. The van der Waals surface area contributed by atoms with E-state index < -0.39 is 18.1 Å². The van der Waals surface area contributed by atoms with E-state index in [-0.39, 0.29) is 25.2 Å². The van der Waals surface area contributed by atoms with E-state index >= 15 is 0 Å². The Morgan fingerprint density at radius 3 is 2.90 bits per heavy atom. The summed E-state index contributed by atoms with van der Waals surface area (Å²) >= 11 is 0. The standard InChI is InChI=1S/C13H21NO6/c1-9(20-7-10-3-2-5-19-10)12(15)14-4-6-18-8-11(14)13(16)17/h9-11H,2-8H2,1H3,(H,16,17)/t9-,10-,11-/m0/s1. The highest BCUT2D eigenvalue weighted by Gasteiger charge is 2.35. The predicted octanol–water partition coefficient (Wildman–Crippen LogP) is -0.117. The zero-order valence-electron chi connectivity index (χ0n) is 11.6. The first kappa shape index (κ1) is 15.2. The lowest BCUT2D eigenvalue weighted by molar-refractivity contribution is -0.164. The minimum absolute atomic E-state index is 0.0273.